The number of nitrogens with one attached hydrogen (secondary N) is 5. The average Bonchev–Trinajstić information content (AvgIpc) is 2.90. The van der Waals surface area contributed by atoms with Crippen molar-refractivity contribution >= 4 is 40.1 Å². The minimum absolute atomic E-state index is 0.0805. The van der Waals surface area contributed by atoms with Crippen molar-refractivity contribution in [1.82, 2.24) is 26.0 Å². The first kappa shape index (κ1) is 42.9. The van der Waals surface area contributed by atoms with E-state index in [-0.39, 0.29) is 32.7 Å². The van der Waals surface area contributed by atoms with E-state index in [0.717, 1.165) is 0 Å². The molecule has 0 fully saturated rings. The van der Waals surface area contributed by atoms with Crippen molar-refractivity contribution in [3.8, 4) is 5.75 Å². The number of ether oxygens (including phenoxy) is 4. The highest BCUT2D eigenvalue weighted by molar-refractivity contribution is 7.87. The first-order valence-corrected chi connectivity index (χ1v) is 17.2. The highest BCUT2D eigenvalue weighted by Gasteiger charge is 2.27. The van der Waals surface area contributed by atoms with Crippen LogP contribution in [-0.2, 0) is 51.6 Å². The Labute approximate surface area is 288 Å². The highest BCUT2D eigenvalue weighted by atomic mass is 32.2. The van der Waals surface area contributed by atoms with Gasteiger partial charge in [0.15, 0.2) is 0 Å². The molecule has 0 saturated heterocycles. The lowest BCUT2D eigenvalue weighted by Gasteiger charge is -2.22. The quantitative estimate of drug-likeness (QED) is 0.124. The molecule has 0 aliphatic heterocycles. The Bertz CT molecular complexity index is 1410. The van der Waals surface area contributed by atoms with Gasteiger partial charge in [-0.2, -0.15) is 8.42 Å². The summed E-state index contributed by atoms with van der Waals surface area (Å²) < 4.78 is 47.1. The summed E-state index contributed by atoms with van der Waals surface area (Å²) in [5, 5.41) is 15.1. The first-order chi connectivity index (χ1) is 22.4. The van der Waals surface area contributed by atoms with Crippen LogP contribution >= 0.6 is 0 Å². The fourth-order valence-electron chi connectivity index (χ4n) is 4.11. The second-order valence-corrected chi connectivity index (χ2v) is 14.5. The molecule has 0 aromatic heterocycles. The Morgan fingerprint density at radius 1 is 0.816 bits per heavy atom. The van der Waals surface area contributed by atoms with E-state index in [1.165, 1.54) is 13.8 Å². The van der Waals surface area contributed by atoms with Crippen molar-refractivity contribution in [1.29, 1.82) is 0 Å². The summed E-state index contributed by atoms with van der Waals surface area (Å²) in [7, 11) is -4.45. The molecule has 7 N–H and O–H groups in total. The number of hydrogen-bond donors (Lipinski definition) is 6. The molecule has 18 heteroatoms. The lowest BCUT2D eigenvalue weighted by atomic mass is 9.99. The molecule has 49 heavy (non-hydrogen) atoms. The maximum Gasteiger partial charge on any atom is 0.407 e. The van der Waals surface area contributed by atoms with Crippen molar-refractivity contribution in [3.05, 3.63) is 29.3 Å². The van der Waals surface area contributed by atoms with Gasteiger partial charge in [-0.15, -0.1) is 0 Å². The van der Waals surface area contributed by atoms with Crippen LogP contribution in [0.15, 0.2) is 18.2 Å². The molecule has 278 valence electrons. The molecule has 1 aromatic carbocycles. The zero-order chi connectivity index (χ0) is 37.6. The van der Waals surface area contributed by atoms with Gasteiger partial charge in [-0.3, -0.25) is 14.4 Å². The molecule has 0 heterocycles. The summed E-state index contributed by atoms with van der Waals surface area (Å²) in [6, 6.07) is 2.54. The van der Waals surface area contributed by atoms with Crippen LogP contribution in [0.25, 0.3) is 0 Å². The van der Waals surface area contributed by atoms with E-state index < -0.39 is 69.5 Å². The first-order valence-electron chi connectivity index (χ1n) is 15.7. The van der Waals surface area contributed by atoms with E-state index in [2.05, 4.69) is 21.3 Å². The molecular formula is C31H52N6O11S. The van der Waals surface area contributed by atoms with Crippen molar-refractivity contribution in [2.75, 3.05) is 26.3 Å². The van der Waals surface area contributed by atoms with Crippen LogP contribution in [-0.4, -0.2) is 94.0 Å². The summed E-state index contributed by atoms with van der Waals surface area (Å²) in [4.78, 5) is 60.9. The number of nitrogens with two attached hydrogens (primary N) is 1. The van der Waals surface area contributed by atoms with E-state index in [1.54, 1.807) is 71.4 Å². The van der Waals surface area contributed by atoms with Crippen LogP contribution in [0.5, 0.6) is 5.75 Å². The van der Waals surface area contributed by atoms with Gasteiger partial charge in [0.2, 0.25) is 11.8 Å². The van der Waals surface area contributed by atoms with Crippen LogP contribution in [0, 0.1) is 0 Å². The fraction of sp³-hybridized carbons (Fsp3) is 0.645. The second-order valence-electron chi connectivity index (χ2n) is 13.2. The lowest BCUT2D eigenvalue weighted by molar-refractivity contribution is -0.130. The van der Waals surface area contributed by atoms with Crippen molar-refractivity contribution in [2.24, 2.45) is 5.14 Å². The predicted molar refractivity (Wildman–Crippen MR) is 180 cm³/mol. The van der Waals surface area contributed by atoms with Gasteiger partial charge in [0, 0.05) is 26.3 Å². The van der Waals surface area contributed by atoms with Gasteiger partial charge in [-0.1, -0.05) is 12.1 Å². The molecule has 17 nitrogen and oxygen atoms in total. The van der Waals surface area contributed by atoms with Crippen LogP contribution < -0.4 is 35.9 Å². The third-order valence-electron chi connectivity index (χ3n) is 5.96. The van der Waals surface area contributed by atoms with Crippen molar-refractivity contribution in [3.63, 3.8) is 0 Å². The molecule has 1 rings (SSSR count). The number of alkyl carbamates (subject to hydrolysis) is 2. The molecular weight excluding hydrogens is 664 g/mol. The van der Waals surface area contributed by atoms with Crippen molar-refractivity contribution in [2.45, 2.75) is 105 Å². The Hall–Kier alpha value is -4.16. The van der Waals surface area contributed by atoms with Crippen LogP contribution in [0.4, 0.5) is 9.59 Å². The molecule has 0 bridgehead atoms. The number of hydrogen-bond acceptors (Lipinski definition) is 11. The van der Waals surface area contributed by atoms with Gasteiger partial charge >= 0.3 is 12.2 Å². The van der Waals surface area contributed by atoms with Crippen molar-refractivity contribution < 1.29 is 51.3 Å². The molecule has 3 atom stereocenters. The van der Waals surface area contributed by atoms with Gasteiger partial charge in [0.25, 0.3) is 16.1 Å². The third-order valence-corrected chi connectivity index (χ3v) is 6.45. The third kappa shape index (κ3) is 20.1. The van der Waals surface area contributed by atoms with Crippen LogP contribution in [0.2, 0.25) is 0 Å². The minimum Gasteiger partial charge on any atom is -0.491 e. The smallest absolute Gasteiger partial charge is 0.407 e. The van der Waals surface area contributed by atoms with E-state index in [4.69, 9.17) is 24.1 Å². The zero-order valence-electron chi connectivity index (χ0n) is 29.7. The molecule has 0 radical (unpaired) electrons. The lowest BCUT2D eigenvalue weighted by Crippen LogP contribution is -2.54. The second kappa shape index (κ2) is 19.1. The molecule has 1 unspecified atom stereocenters. The predicted octanol–water partition coefficient (Wildman–Crippen LogP) is 0.934. The summed E-state index contributed by atoms with van der Waals surface area (Å²) in [6.45, 7) is 15.5. The van der Waals surface area contributed by atoms with Gasteiger partial charge in [0.05, 0.1) is 19.3 Å². The maximum atomic E-state index is 12.9. The average molecular weight is 717 g/mol. The maximum absolute atomic E-state index is 12.9. The fourth-order valence-corrected chi connectivity index (χ4v) is 4.53. The minimum atomic E-state index is -4.45. The zero-order valence-corrected chi connectivity index (χ0v) is 30.5. The van der Waals surface area contributed by atoms with E-state index in [0.29, 0.717) is 23.3 Å². The Balaban J connectivity index is 3.17. The van der Waals surface area contributed by atoms with Crippen LogP contribution in [0.3, 0.4) is 0 Å². The molecule has 1 aromatic rings. The topological polar surface area (TPSA) is 243 Å². The van der Waals surface area contributed by atoms with Gasteiger partial charge in [-0.25, -0.2) is 19.5 Å². The van der Waals surface area contributed by atoms with Gasteiger partial charge in [0.1, 0.15) is 35.6 Å². The normalized spacial score (nSPS) is 13.6. The molecule has 0 saturated carbocycles. The monoisotopic (exact) mass is 716 g/mol. The van der Waals surface area contributed by atoms with Gasteiger partial charge < -0.3 is 40.2 Å². The Morgan fingerprint density at radius 2 is 1.37 bits per heavy atom. The SMILES string of the molecule is CC(=O)N[C@@H](C)C(=O)N[C@@H](Cc1ccc(OCCNC(=O)OC(C)(C)C)c(CC(C)OCCNC(=O)OC(C)(C)C)c1)C(=O)NS(N)(=O)=O. The summed E-state index contributed by atoms with van der Waals surface area (Å²) >= 11 is 0. The summed E-state index contributed by atoms with van der Waals surface area (Å²) in [6.07, 6.45) is -1.44. The molecule has 0 aliphatic carbocycles. The Kier molecular flexibility index (Phi) is 16.7. The standard InChI is InChI=1S/C31H52N6O11S/c1-19(45-14-12-33-28(41)47-30(4,5)6)16-23-17-22(10-11-25(23)46-15-13-34-29(42)48-31(7,8)9)18-24(27(40)37-49(32,43)44)36-26(39)20(2)35-21(3)38/h10-11,17,19-20,24H,12-16,18H2,1-9H3,(H,33,41)(H,34,42)(H,35,38)(H,36,39)(H,37,40)(H2,32,43,44)/t19?,20-,24-/m0/s1. The molecule has 5 amide bonds. The number of carbonyl (C=O) groups excluding carboxylic acids is 5. The Morgan fingerprint density at radius 3 is 1.88 bits per heavy atom. The number of carbonyl (C=O) groups is 5. The van der Waals surface area contributed by atoms with Crippen LogP contribution in [0.1, 0.15) is 73.4 Å². The molecule has 0 spiro atoms. The number of rotatable bonds is 17. The highest BCUT2D eigenvalue weighted by Crippen LogP contribution is 2.24. The van der Waals surface area contributed by atoms with E-state index >= 15 is 0 Å². The number of amides is 5. The summed E-state index contributed by atoms with van der Waals surface area (Å²) in [5.41, 5.74) is -0.176. The van der Waals surface area contributed by atoms with E-state index in [1.807, 2.05) is 0 Å². The number of benzene rings is 1. The molecule has 0 aliphatic rings. The summed E-state index contributed by atoms with van der Waals surface area (Å²) in [5.74, 6) is -1.86. The van der Waals surface area contributed by atoms with Gasteiger partial charge in [-0.05, 0) is 72.6 Å². The van der Waals surface area contributed by atoms with E-state index in [9.17, 15) is 32.4 Å². The largest absolute Gasteiger partial charge is 0.491 e.